The fraction of sp³-hybridized carbons (Fsp3) is 0.154. The molecular weight excluding hydrogens is 429 g/mol. The Kier molecular flexibility index (Phi) is 6.18. The predicted octanol–water partition coefficient (Wildman–Crippen LogP) is 6.13. The number of amides is 1. The van der Waals surface area contributed by atoms with Crippen LogP contribution in [-0.4, -0.2) is 19.2 Å². The van der Waals surface area contributed by atoms with Gasteiger partial charge in [0.1, 0.15) is 6.61 Å². The van der Waals surface area contributed by atoms with Gasteiger partial charge in [-0.15, -0.1) is 0 Å². The fourth-order valence-corrected chi connectivity index (χ4v) is 3.95. The molecule has 0 aliphatic heterocycles. The van der Waals surface area contributed by atoms with Gasteiger partial charge in [0.15, 0.2) is 0 Å². The third kappa shape index (κ3) is 4.75. The predicted molar refractivity (Wildman–Crippen MR) is 118 cm³/mol. The quantitative estimate of drug-likeness (QED) is 0.511. The molecule has 1 aliphatic rings. The van der Waals surface area contributed by atoms with E-state index in [2.05, 4.69) is 17.4 Å². The third-order valence-corrected chi connectivity index (χ3v) is 5.51. The number of benzene rings is 3. The summed E-state index contributed by atoms with van der Waals surface area (Å²) in [6.45, 7) is 0.281. The van der Waals surface area contributed by atoms with Crippen molar-refractivity contribution in [2.75, 3.05) is 13.2 Å². The third-order valence-electron chi connectivity index (χ3n) is 5.51. The van der Waals surface area contributed by atoms with Crippen LogP contribution in [0.1, 0.15) is 33.7 Å². The highest BCUT2D eigenvalue weighted by Crippen LogP contribution is 2.44. The maximum Gasteiger partial charge on any atom is 0.416 e. The van der Waals surface area contributed by atoms with Gasteiger partial charge in [0.25, 0.3) is 0 Å². The number of nitrogens with one attached hydrogen (secondary N) is 1. The van der Waals surface area contributed by atoms with E-state index in [4.69, 9.17) is 10.00 Å². The van der Waals surface area contributed by atoms with Crippen molar-refractivity contribution in [2.24, 2.45) is 0 Å². The minimum absolute atomic E-state index is 0.0518. The van der Waals surface area contributed by atoms with Crippen LogP contribution in [0, 0.1) is 11.3 Å². The number of alkyl carbamates (subject to hydrolysis) is 1. The molecule has 4 nitrogen and oxygen atoms in total. The summed E-state index contributed by atoms with van der Waals surface area (Å²) in [4.78, 5) is 12.2. The second kappa shape index (κ2) is 9.21. The Hall–Kier alpha value is -4.05. The topological polar surface area (TPSA) is 62.1 Å². The van der Waals surface area contributed by atoms with Crippen molar-refractivity contribution in [3.63, 3.8) is 0 Å². The lowest BCUT2D eigenvalue weighted by atomic mass is 9.98. The van der Waals surface area contributed by atoms with Gasteiger partial charge >= 0.3 is 12.3 Å². The lowest BCUT2D eigenvalue weighted by molar-refractivity contribution is -0.137. The smallest absolute Gasteiger partial charge is 0.416 e. The molecule has 0 aromatic heterocycles. The van der Waals surface area contributed by atoms with E-state index in [0.29, 0.717) is 5.56 Å². The van der Waals surface area contributed by atoms with Crippen LogP contribution in [0.5, 0.6) is 0 Å². The van der Waals surface area contributed by atoms with Crippen molar-refractivity contribution < 1.29 is 22.7 Å². The summed E-state index contributed by atoms with van der Waals surface area (Å²) in [5, 5.41) is 11.7. The summed E-state index contributed by atoms with van der Waals surface area (Å²) in [5.74, 6) is -0.0518. The van der Waals surface area contributed by atoms with Gasteiger partial charge in [-0.3, -0.25) is 0 Å². The number of alkyl halides is 3. The van der Waals surface area contributed by atoms with Crippen molar-refractivity contribution in [2.45, 2.75) is 12.1 Å². The number of carbonyl (C=O) groups is 1. The molecule has 0 saturated heterocycles. The van der Waals surface area contributed by atoms with E-state index in [1.54, 1.807) is 12.1 Å². The molecule has 0 fully saturated rings. The number of nitriles is 1. The molecule has 0 radical (unpaired) electrons. The van der Waals surface area contributed by atoms with E-state index >= 15 is 0 Å². The second-order valence-corrected chi connectivity index (χ2v) is 7.52. The lowest BCUT2D eigenvalue weighted by Crippen LogP contribution is -2.26. The van der Waals surface area contributed by atoms with Crippen molar-refractivity contribution in [3.05, 3.63) is 101 Å². The van der Waals surface area contributed by atoms with Gasteiger partial charge in [-0.05, 0) is 39.9 Å². The first-order valence-corrected chi connectivity index (χ1v) is 10.2. The lowest BCUT2D eigenvalue weighted by Gasteiger charge is -2.14. The van der Waals surface area contributed by atoms with Crippen LogP contribution in [0.2, 0.25) is 0 Å². The molecule has 7 heteroatoms. The zero-order valence-corrected chi connectivity index (χ0v) is 17.4. The second-order valence-electron chi connectivity index (χ2n) is 7.52. The van der Waals surface area contributed by atoms with E-state index in [-0.39, 0.29) is 24.6 Å². The number of ether oxygens (including phenoxy) is 1. The van der Waals surface area contributed by atoms with E-state index in [1.807, 2.05) is 36.4 Å². The molecule has 33 heavy (non-hydrogen) atoms. The van der Waals surface area contributed by atoms with Gasteiger partial charge in [-0.2, -0.15) is 18.4 Å². The molecule has 1 aliphatic carbocycles. The highest BCUT2D eigenvalue weighted by Gasteiger charge is 2.31. The van der Waals surface area contributed by atoms with Crippen LogP contribution in [0.3, 0.4) is 0 Å². The Bertz CT molecular complexity index is 1210. The summed E-state index contributed by atoms with van der Waals surface area (Å²) >= 11 is 0. The molecule has 4 rings (SSSR count). The highest BCUT2D eigenvalue weighted by atomic mass is 19.4. The average Bonchev–Trinajstić information content (AvgIpc) is 3.13. The summed E-state index contributed by atoms with van der Waals surface area (Å²) in [6.07, 6.45) is -2.08. The fourth-order valence-electron chi connectivity index (χ4n) is 3.95. The van der Waals surface area contributed by atoms with E-state index < -0.39 is 17.8 Å². The Morgan fingerprint density at radius 2 is 1.67 bits per heavy atom. The number of carbonyl (C=O) groups excluding carboxylic acids is 1. The molecule has 1 amide bonds. The maximum atomic E-state index is 12.8. The first-order valence-electron chi connectivity index (χ1n) is 10.2. The molecule has 0 saturated carbocycles. The van der Waals surface area contributed by atoms with Gasteiger partial charge in [-0.25, -0.2) is 4.79 Å². The standard InChI is InChI=1S/C26H19F3N2O2/c27-26(28,29)19-12-11-17(18(14-19)15-30)6-5-13-31-25(32)33-16-24-22-9-3-1-7-20(22)21-8-2-4-10-23(21)24/h1-12,14,24H,13,16H2,(H,31,32). The molecule has 0 unspecified atom stereocenters. The molecule has 166 valence electrons. The largest absolute Gasteiger partial charge is 0.449 e. The molecule has 0 spiro atoms. The summed E-state index contributed by atoms with van der Waals surface area (Å²) in [7, 11) is 0. The molecule has 1 N–H and O–H groups in total. The molecule has 0 bridgehead atoms. The molecule has 0 heterocycles. The zero-order chi connectivity index (χ0) is 23.4. The van der Waals surface area contributed by atoms with Crippen LogP contribution in [0.25, 0.3) is 17.2 Å². The summed E-state index contributed by atoms with van der Waals surface area (Å²) in [5.41, 5.74) is 3.84. The molecule has 3 aromatic rings. The van der Waals surface area contributed by atoms with Gasteiger partial charge in [0.05, 0.1) is 17.2 Å². The number of rotatable bonds is 5. The number of halogens is 3. The van der Waals surface area contributed by atoms with Crippen molar-refractivity contribution in [1.29, 1.82) is 5.26 Å². The molecule has 0 atom stereocenters. The van der Waals surface area contributed by atoms with Gasteiger partial charge in [0, 0.05) is 12.5 Å². The number of hydrogen-bond donors (Lipinski definition) is 1. The van der Waals surface area contributed by atoms with E-state index in [1.165, 1.54) is 12.1 Å². The van der Waals surface area contributed by atoms with Gasteiger partial charge < -0.3 is 10.1 Å². The van der Waals surface area contributed by atoms with Crippen LogP contribution in [-0.2, 0) is 10.9 Å². The van der Waals surface area contributed by atoms with Crippen molar-refractivity contribution in [1.82, 2.24) is 5.32 Å². The zero-order valence-electron chi connectivity index (χ0n) is 17.4. The Labute approximate surface area is 188 Å². The molecular formula is C26H19F3N2O2. The minimum atomic E-state index is -4.51. The van der Waals surface area contributed by atoms with Crippen LogP contribution < -0.4 is 5.32 Å². The minimum Gasteiger partial charge on any atom is -0.449 e. The van der Waals surface area contributed by atoms with Crippen LogP contribution in [0.4, 0.5) is 18.0 Å². The normalized spacial score (nSPS) is 12.8. The van der Waals surface area contributed by atoms with Crippen LogP contribution >= 0.6 is 0 Å². The van der Waals surface area contributed by atoms with E-state index in [0.717, 1.165) is 34.4 Å². The Morgan fingerprint density at radius 1 is 1.03 bits per heavy atom. The van der Waals surface area contributed by atoms with Crippen molar-refractivity contribution in [3.8, 4) is 17.2 Å². The first kappa shape index (κ1) is 22.2. The monoisotopic (exact) mass is 448 g/mol. The van der Waals surface area contributed by atoms with Gasteiger partial charge in [-0.1, -0.05) is 66.7 Å². The van der Waals surface area contributed by atoms with Crippen LogP contribution in [0.15, 0.2) is 72.8 Å². The highest BCUT2D eigenvalue weighted by molar-refractivity contribution is 5.79. The summed E-state index contributed by atoms with van der Waals surface area (Å²) in [6, 6.07) is 20.7. The Morgan fingerprint density at radius 3 is 2.27 bits per heavy atom. The molecule has 3 aromatic carbocycles. The van der Waals surface area contributed by atoms with Crippen molar-refractivity contribution >= 4 is 12.2 Å². The Balaban J connectivity index is 1.34. The number of hydrogen-bond acceptors (Lipinski definition) is 3. The summed E-state index contributed by atoms with van der Waals surface area (Å²) < 4.78 is 43.8. The number of fused-ring (bicyclic) bond motifs is 3. The van der Waals surface area contributed by atoms with E-state index in [9.17, 15) is 18.0 Å². The van der Waals surface area contributed by atoms with Gasteiger partial charge in [0.2, 0.25) is 0 Å². The number of nitrogens with zero attached hydrogens (tertiary/aromatic N) is 1. The average molecular weight is 448 g/mol. The SMILES string of the molecule is N#Cc1cc(C(F)(F)F)ccc1C=CCNC(=O)OCC1c2ccccc2-c2ccccc21. The maximum absolute atomic E-state index is 12.8. The first-order chi connectivity index (χ1) is 15.9.